The van der Waals surface area contributed by atoms with Crippen molar-refractivity contribution in [1.29, 1.82) is 0 Å². The lowest BCUT2D eigenvalue weighted by molar-refractivity contribution is -0.161. The zero-order valence-corrected chi connectivity index (χ0v) is 4.83. The minimum Gasteiger partial charge on any atom is -0.473 e. The summed E-state index contributed by atoms with van der Waals surface area (Å²) < 4.78 is 3.77. The highest BCUT2D eigenvalue weighted by Gasteiger charge is 2.08. The van der Waals surface area contributed by atoms with Gasteiger partial charge in [0.05, 0.1) is 7.11 Å². The molecule has 0 saturated heterocycles. The van der Waals surface area contributed by atoms with Gasteiger partial charge in [-0.25, -0.2) is 9.59 Å². The Balaban J connectivity index is 0. The molecule has 0 aromatic heterocycles. The zero-order valence-electron chi connectivity index (χ0n) is 4.83. The van der Waals surface area contributed by atoms with Crippen molar-refractivity contribution in [2.24, 2.45) is 11.7 Å². The highest BCUT2D eigenvalue weighted by atomic mass is 16.5. The molecule has 0 fully saturated rings. The Morgan fingerprint density at radius 1 is 1.44 bits per heavy atom. The van der Waals surface area contributed by atoms with Crippen molar-refractivity contribution in [1.82, 2.24) is 0 Å². The van der Waals surface area contributed by atoms with Crippen molar-refractivity contribution in [2.45, 2.75) is 0 Å². The lowest BCUT2D eigenvalue weighted by atomic mass is 10.7. The summed E-state index contributed by atoms with van der Waals surface area (Å²) in [5.41, 5.74) is 0. The van der Waals surface area contributed by atoms with Crippen LogP contribution in [-0.4, -0.2) is 24.2 Å². The Kier molecular flexibility index (Phi) is 8.21. The molecule has 6 heteroatoms. The van der Waals surface area contributed by atoms with Gasteiger partial charge in [-0.05, 0) is 0 Å². The highest BCUT2D eigenvalue weighted by molar-refractivity contribution is 6.28. The average Bonchev–Trinajstić information content (AvgIpc) is 1.91. The van der Waals surface area contributed by atoms with Crippen LogP contribution >= 0.6 is 0 Å². The fourth-order valence-corrected chi connectivity index (χ4v) is 0.0873. The van der Waals surface area contributed by atoms with E-state index in [9.17, 15) is 9.59 Å². The van der Waals surface area contributed by atoms with Gasteiger partial charge < -0.3 is 9.84 Å². The van der Waals surface area contributed by atoms with Gasteiger partial charge in [-0.2, -0.15) is 0 Å². The van der Waals surface area contributed by atoms with Crippen molar-refractivity contribution in [3.05, 3.63) is 0 Å². The predicted molar refractivity (Wildman–Crippen MR) is 28.0 cm³/mol. The molecule has 0 aliphatic carbocycles. The molecule has 0 bridgehead atoms. The Morgan fingerprint density at radius 2 is 1.78 bits per heavy atom. The van der Waals surface area contributed by atoms with Gasteiger partial charge in [0, 0.05) is 0 Å². The monoisotopic (exact) mass is 136 g/mol. The van der Waals surface area contributed by atoms with Crippen molar-refractivity contribution in [2.75, 3.05) is 7.11 Å². The molecular formula is C3H8N2O4. The van der Waals surface area contributed by atoms with Crippen molar-refractivity contribution >= 4 is 11.9 Å². The molecule has 0 heterocycles. The maximum Gasteiger partial charge on any atom is 0.417 e. The highest BCUT2D eigenvalue weighted by Crippen LogP contribution is 1.68. The van der Waals surface area contributed by atoms with E-state index in [1.165, 1.54) is 0 Å². The van der Waals surface area contributed by atoms with Crippen LogP contribution < -0.4 is 11.7 Å². The van der Waals surface area contributed by atoms with Gasteiger partial charge in [-0.15, -0.1) is 0 Å². The quantitative estimate of drug-likeness (QED) is 0.154. The van der Waals surface area contributed by atoms with Gasteiger partial charge in [0.25, 0.3) is 0 Å². The number of rotatable bonds is 0. The minimum atomic E-state index is -1.57. The zero-order chi connectivity index (χ0) is 7.86. The number of nitrogens with two attached hydrogens (primary N) is 2. The van der Waals surface area contributed by atoms with E-state index in [1.807, 2.05) is 0 Å². The Morgan fingerprint density at radius 3 is 1.78 bits per heavy atom. The van der Waals surface area contributed by atoms with Crippen LogP contribution in [0.3, 0.4) is 0 Å². The molecule has 5 N–H and O–H groups in total. The molecule has 0 radical (unpaired) electrons. The van der Waals surface area contributed by atoms with E-state index in [0.717, 1.165) is 7.11 Å². The summed E-state index contributed by atoms with van der Waals surface area (Å²) >= 11 is 0. The number of hydrazine groups is 1. The molecule has 0 spiro atoms. The van der Waals surface area contributed by atoms with Gasteiger partial charge in [-0.1, -0.05) is 0 Å². The van der Waals surface area contributed by atoms with E-state index in [2.05, 4.69) is 16.4 Å². The van der Waals surface area contributed by atoms with Crippen molar-refractivity contribution in [3.63, 3.8) is 0 Å². The number of aliphatic carboxylic acids is 1. The first kappa shape index (κ1) is 10.8. The molecule has 0 aliphatic rings. The first-order chi connectivity index (χ1) is 4.18. The fourth-order valence-electron chi connectivity index (χ4n) is 0.0873. The number of carbonyl (C=O) groups excluding carboxylic acids is 1. The first-order valence-corrected chi connectivity index (χ1v) is 1.83. The van der Waals surface area contributed by atoms with Crippen LogP contribution in [0.4, 0.5) is 0 Å². The number of carboxylic acid groups (broad SMARTS) is 1. The predicted octanol–water partition coefficient (Wildman–Crippen LogP) is -1.94. The van der Waals surface area contributed by atoms with Crippen LogP contribution in [0.2, 0.25) is 0 Å². The van der Waals surface area contributed by atoms with Gasteiger partial charge in [0.15, 0.2) is 0 Å². The standard InChI is InChI=1S/C3H4O4.H4N2/c1-7-3(6)2(4)5;1-2/h1H3,(H,4,5);1-2H2. The van der Waals surface area contributed by atoms with Crippen LogP contribution in [0.5, 0.6) is 0 Å². The molecule has 9 heavy (non-hydrogen) atoms. The summed E-state index contributed by atoms with van der Waals surface area (Å²) in [5, 5.41) is 7.71. The summed E-state index contributed by atoms with van der Waals surface area (Å²) in [6.07, 6.45) is 0. The van der Waals surface area contributed by atoms with E-state index >= 15 is 0 Å². The summed E-state index contributed by atoms with van der Waals surface area (Å²) in [5.74, 6) is 5.20. The molecule has 6 nitrogen and oxygen atoms in total. The number of hydrogen-bond donors (Lipinski definition) is 3. The van der Waals surface area contributed by atoms with E-state index in [-0.39, 0.29) is 0 Å². The third-order valence-corrected chi connectivity index (χ3v) is 0.360. The molecule has 54 valence electrons. The first-order valence-electron chi connectivity index (χ1n) is 1.83. The second kappa shape index (κ2) is 6.86. The van der Waals surface area contributed by atoms with Gasteiger partial charge in [0.2, 0.25) is 0 Å². The molecular weight excluding hydrogens is 128 g/mol. The lowest BCUT2D eigenvalue weighted by Gasteiger charge is -1.85. The maximum atomic E-state index is 9.69. The normalized spacial score (nSPS) is 6.56. The SMILES string of the molecule is COC(=O)C(=O)O.NN. The summed E-state index contributed by atoms with van der Waals surface area (Å²) in [7, 11) is 1.01. The minimum absolute atomic E-state index is 1.01. The van der Waals surface area contributed by atoms with Crippen molar-refractivity contribution in [3.8, 4) is 0 Å². The van der Waals surface area contributed by atoms with Crippen LogP contribution in [-0.2, 0) is 14.3 Å². The molecule has 0 aliphatic heterocycles. The lowest BCUT2D eigenvalue weighted by Crippen LogP contribution is -2.13. The molecule has 0 aromatic rings. The summed E-state index contributed by atoms with van der Waals surface area (Å²) in [6.45, 7) is 0. The molecule has 0 rings (SSSR count). The molecule has 0 saturated carbocycles. The van der Waals surface area contributed by atoms with Gasteiger partial charge in [-0.3, -0.25) is 11.7 Å². The Bertz CT molecular complexity index is 102. The Hall–Kier alpha value is -1.14. The van der Waals surface area contributed by atoms with E-state index in [4.69, 9.17) is 5.11 Å². The molecule has 0 unspecified atom stereocenters. The average molecular weight is 136 g/mol. The second-order valence-electron chi connectivity index (χ2n) is 0.797. The molecule has 0 aromatic carbocycles. The maximum absolute atomic E-state index is 9.69. The smallest absolute Gasteiger partial charge is 0.417 e. The Labute approximate surface area is 51.4 Å². The van der Waals surface area contributed by atoms with E-state index in [0.29, 0.717) is 0 Å². The van der Waals surface area contributed by atoms with Gasteiger partial charge >= 0.3 is 11.9 Å². The largest absolute Gasteiger partial charge is 0.473 e. The van der Waals surface area contributed by atoms with Crippen LogP contribution in [0.25, 0.3) is 0 Å². The van der Waals surface area contributed by atoms with Crippen LogP contribution in [0, 0.1) is 0 Å². The van der Waals surface area contributed by atoms with E-state index in [1.54, 1.807) is 0 Å². The number of carbonyl (C=O) groups is 2. The van der Waals surface area contributed by atoms with Crippen molar-refractivity contribution < 1.29 is 19.4 Å². The fraction of sp³-hybridized carbons (Fsp3) is 0.333. The number of hydrogen-bond acceptors (Lipinski definition) is 5. The topological polar surface area (TPSA) is 116 Å². The van der Waals surface area contributed by atoms with Gasteiger partial charge in [0.1, 0.15) is 0 Å². The number of methoxy groups -OCH3 is 1. The summed E-state index contributed by atoms with van der Waals surface area (Å²) in [4.78, 5) is 19.1. The number of esters is 1. The van der Waals surface area contributed by atoms with E-state index < -0.39 is 11.9 Å². The molecule has 0 amide bonds. The third kappa shape index (κ3) is 6.86. The molecule has 0 atom stereocenters. The number of carboxylic acids is 1. The van der Waals surface area contributed by atoms with Crippen LogP contribution in [0.15, 0.2) is 0 Å². The second-order valence-corrected chi connectivity index (χ2v) is 0.797. The summed E-state index contributed by atoms with van der Waals surface area (Å²) in [6, 6.07) is 0. The van der Waals surface area contributed by atoms with Crippen LogP contribution in [0.1, 0.15) is 0 Å². The third-order valence-electron chi connectivity index (χ3n) is 0.360. The number of ether oxygens (including phenoxy) is 1.